The van der Waals surface area contributed by atoms with Gasteiger partial charge in [0.25, 0.3) is 0 Å². The number of fused-ring (bicyclic) bond motifs is 1. The Morgan fingerprint density at radius 2 is 1.40 bits per heavy atom. The minimum Gasteiger partial charge on any atom is -0.382 e. The molecule has 0 amide bonds. The van der Waals surface area contributed by atoms with Crippen LogP contribution >= 0.6 is 0 Å². The largest absolute Gasteiger partial charge is 0.382 e. The van der Waals surface area contributed by atoms with Gasteiger partial charge in [0, 0.05) is 11.7 Å². The van der Waals surface area contributed by atoms with Crippen LogP contribution < -0.4 is 5.32 Å². The molecule has 0 spiro atoms. The van der Waals surface area contributed by atoms with Gasteiger partial charge in [-0.2, -0.15) is 0 Å². The fraction of sp³-hybridized carbons (Fsp3) is 0.609. The van der Waals surface area contributed by atoms with Crippen LogP contribution in [0.2, 0.25) is 0 Å². The summed E-state index contributed by atoms with van der Waals surface area (Å²) in [6.07, 6.45) is 10.0. The third-order valence-electron chi connectivity index (χ3n) is 10.2. The van der Waals surface area contributed by atoms with Gasteiger partial charge in [0.05, 0.1) is 0 Å². The highest BCUT2D eigenvalue weighted by Crippen LogP contribution is 2.64. The van der Waals surface area contributed by atoms with Gasteiger partial charge in [0.15, 0.2) is 0 Å². The van der Waals surface area contributed by atoms with Gasteiger partial charge in [0.1, 0.15) is 0 Å². The van der Waals surface area contributed by atoms with Gasteiger partial charge < -0.3 is 5.32 Å². The Morgan fingerprint density at radius 3 is 1.72 bits per heavy atom. The molecule has 1 aromatic carbocycles. The van der Waals surface area contributed by atoms with Crippen LogP contribution in [0.1, 0.15) is 133 Å². The standard InChI is InChI=1S/C20H29N.C12H22.C10H18.C4H8/c1-14(2)19(21-15(3)13-20(4,5)6)18-11-16-9-7-8-10-17(16)12-18;1-7-10-11(12(10,5)6)9(4)8(2)3;1-6-7-9(4)10(5)8(2)3;1-3-4-2/h7-10,18-19,21H,1,3,11-13H2,2,4-6H3;9-11H,2,7H2,1,3-6H3;9H,2,5-7H2,1,3-4H3;3H,1,4H2,2H3. The smallest absolute Gasteiger partial charge is 0.0499 e. The first-order valence-corrected chi connectivity index (χ1v) is 18.5. The van der Waals surface area contributed by atoms with E-state index in [2.05, 4.69) is 152 Å². The lowest BCUT2D eigenvalue weighted by atomic mass is 9.88. The van der Waals surface area contributed by atoms with Gasteiger partial charge in [0.2, 0.25) is 0 Å². The van der Waals surface area contributed by atoms with E-state index in [1.807, 2.05) is 13.0 Å². The Bertz CT molecular complexity index is 1140. The van der Waals surface area contributed by atoms with Crippen LogP contribution in [0, 0.1) is 40.4 Å². The predicted molar refractivity (Wildman–Crippen MR) is 216 cm³/mol. The van der Waals surface area contributed by atoms with Crippen molar-refractivity contribution < 1.29 is 0 Å². The lowest BCUT2D eigenvalue weighted by Gasteiger charge is -2.29. The summed E-state index contributed by atoms with van der Waals surface area (Å²) in [7, 11) is 0. The fourth-order valence-corrected chi connectivity index (χ4v) is 7.28. The molecule has 5 atom stereocenters. The monoisotopic (exact) mass is 644 g/mol. The Kier molecular flexibility index (Phi) is 19.6. The van der Waals surface area contributed by atoms with Gasteiger partial charge in [-0.1, -0.05) is 168 Å². The van der Waals surface area contributed by atoms with Gasteiger partial charge in [-0.3, -0.25) is 0 Å². The van der Waals surface area contributed by atoms with Crippen molar-refractivity contribution in [3.8, 4) is 0 Å². The summed E-state index contributed by atoms with van der Waals surface area (Å²) in [5.74, 6) is 3.74. The van der Waals surface area contributed by atoms with Crippen molar-refractivity contribution in [2.75, 3.05) is 0 Å². The van der Waals surface area contributed by atoms with Crippen LogP contribution in [0.25, 0.3) is 0 Å². The molecule has 0 heterocycles. The molecule has 2 aliphatic rings. The van der Waals surface area contributed by atoms with Crippen molar-refractivity contribution in [1.29, 1.82) is 0 Å². The first kappa shape index (κ1) is 44.5. The predicted octanol–water partition coefficient (Wildman–Crippen LogP) is 13.9. The first-order chi connectivity index (χ1) is 21.7. The Hall–Kier alpha value is -2.54. The maximum absolute atomic E-state index is 4.23. The molecule has 1 heteroatoms. The maximum atomic E-state index is 4.23. The average molecular weight is 644 g/mol. The van der Waals surface area contributed by atoms with Gasteiger partial charge >= 0.3 is 0 Å². The van der Waals surface area contributed by atoms with Crippen LogP contribution in [0.15, 0.2) is 97.8 Å². The molecule has 3 rings (SSSR count). The Morgan fingerprint density at radius 1 is 0.915 bits per heavy atom. The van der Waals surface area contributed by atoms with Crippen molar-refractivity contribution in [3.63, 3.8) is 0 Å². The molecule has 47 heavy (non-hydrogen) atoms. The summed E-state index contributed by atoms with van der Waals surface area (Å²) in [4.78, 5) is 0. The normalized spacial score (nSPS) is 19.3. The SMILES string of the molecule is C=C(C)C(=C)C(C)CCC.C=C(C)C(C)C1C(CC)C1(C)C.C=C(CC(C)(C)C)NC(C(=C)C)C1Cc2ccccc2C1.C=CCC. The minimum atomic E-state index is 0.266. The molecule has 0 bridgehead atoms. The summed E-state index contributed by atoms with van der Waals surface area (Å²) in [6.45, 7) is 52.7. The van der Waals surface area contributed by atoms with E-state index < -0.39 is 0 Å². The molecule has 0 aliphatic heterocycles. The van der Waals surface area contributed by atoms with Crippen molar-refractivity contribution in [1.82, 2.24) is 5.32 Å². The van der Waals surface area contributed by atoms with Gasteiger partial charge in [-0.05, 0) is 104 Å². The van der Waals surface area contributed by atoms with Crippen LogP contribution in [-0.4, -0.2) is 6.04 Å². The number of benzene rings is 1. The molecule has 1 fully saturated rings. The second-order valence-corrected chi connectivity index (χ2v) is 16.4. The highest BCUT2D eigenvalue weighted by molar-refractivity contribution is 5.34. The summed E-state index contributed by atoms with van der Waals surface area (Å²) in [5.41, 5.74) is 9.87. The zero-order valence-corrected chi connectivity index (χ0v) is 33.5. The molecule has 0 radical (unpaired) electrons. The number of hydrogen-bond donors (Lipinski definition) is 1. The highest BCUT2D eigenvalue weighted by atomic mass is 14.9. The molecular formula is C46H77N. The van der Waals surface area contributed by atoms with E-state index >= 15 is 0 Å². The quantitative estimate of drug-likeness (QED) is 0.167. The second kappa shape index (κ2) is 20.7. The van der Waals surface area contributed by atoms with Crippen molar-refractivity contribution in [2.45, 2.75) is 141 Å². The van der Waals surface area contributed by atoms with E-state index in [1.165, 1.54) is 47.1 Å². The van der Waals surface area contributed by atoms with Crippen LogP contribution in [0.5, 0.6) is 0 Å². The average Bonchev–Trinajstić information content (AvgIpc) is 3.30. The van der Waals surface area contributed by atoms with Gasteiger partial charge in [-0.25, -0.2) is 0 Å². The summed E-state index contributed by atoms with van der Waals surface area (Å²) < 4.78 is 0. The number of nitrogens with one attached hydrogen (secondary N) is 1. The molecule has 266 valence electrons. The van der Waals surface area contributed by atoms with Crippen LogP contribution in [0.3, 0.4) is 0 Å². The molecule has 1 aromatic rings. The zero-order valence-electron chi connectivity index (χ0n) is 33.5. The Labute approximate surface area is 294 Å². The molecule has 1 saturated carbocycles. The fourth-order valence-electron chi connectivity index (χ4n) is 7.28. The zero-order chi connectivity index (χ0) is 36.7. The summed E-state index contributed by atoms with van der Waals surface area (Å²) in [5, 5.41) is 3.66. The Balaban J connectivity index is 0.000000691. The first-order valence-electron chi connectivity index (χ1n) is 18.5. The number of allylic oxidation sites excluding steroid dienone is 5. The molecule has 0 aromatic heterocycles. The number of rotatable bonds is 13. The lowest BCUT2D eigenvalue weighted by molar-refractivity contribution is 0.371. The minimum absolute atomic E-state index is 0.266. The third kappa shape index (κ3) is 15.5. The molecule has 2 aliphatic carbocycles. The van der Waals surface area contributed by atoms with Crippen molar-refractivity contribution in [2.24, 2.45) is 40.4 Å². The number of hydrogen-bond acceptors (Lipinski definition) is 1. The second-order valence-electron chi connectivity index (χ2n) is 16.4. The van der Waals surface area contributed by atoms with Crippen LogP contribution in [-0.2, 0) is 12.8 Å². The van der Waals surface area contributed by atoms with E-state index in [1.54, 1.807) is 0 Å². The molecule has 1 N–H and O–H groups in total. The topological polar surface area (TPSA) is 12.0 Å². The van der Waals surface area contributed by atoms with Crippen molar-refractivity contribution in [3.05, 3.63) is 109 Å². The molecular weight excluding hydrogens is 567 g/mol. The third-order valence-corrected chi connectivity index (χ3v) is 10.2. The van der Waals surface area contributed by atoms with E-state index in [4.69, 9.17) is 0 Å². The summed E-state index contributed by atoms with van der Waals surface area (Å²) in [6, 6.07) is 9.13. The van der Waals surface area contributed by atoms with E-state index in [0.29, 0.717) is 29.2 Å². The lowest BCUT2D eigenvalue weighted by Crippen LogP contribution is -2.37. The van der Waals surface area contributed by atoms with Gasteiger partial charge in [-0.15, -0.1) is 6.58 Å². The van der Waals surface area contributed by atoms with E-state index in [9.17, 15) is 0 Å². The van der Waals surface area contributed by atoms with E-state index in [-0.39, 0.29) is 5.41 Å². The highest BCUT2D eigenvalue weighted by Gasteiger charge is 2.58. The summed E-state index contributed by atoms with van der Waals surface area (Å²) >= 11 is 0. The maximum Gasteiger partial charge on any atom is 0.0499 e. The molecule has 1 nitrogen and oxygen atoms in total. The molecule has 0 saturated heterocycles. The molecule has 5 unspecified atom stereocenters. The van der Waals surface area contributed by atoms with E-state index in [0.717, 1.165) is 48.8 Å². The van der Waals surface area contributed by atoms with Crippen LogP contribution in [0.4, 0.5) is 0 Å². The van der Waals surface area contributed by atoms with Crippen molar-refractivity contribution >= 4 is 0 Å².